The molecule has 0 aromatic rings. The fourth-order valence-corrected chi connectivity index (χ4v) is 4.48. The molecule has 0 saturated carbocycles. The molecule has 1 N–H and O–H groups in total. The molecule has 0 amide bonds. The molecule has 0 bridgehead atoms. The second kappa shape index (κ2) is 6.76. The Kier molecular flexibility index (Phi) is 5.03. The zero-order chi connectivity index (χ0) is 13.0. The molecule has 5 heteroatoms. The second-order valence-corrected chi connectivity index (χ2v) is 7.03. The lowest BCUT2D eigenvalue weighted by Crippen LogP contribution is -2.51. The van der Waals surface area contributed by atoms with Crippen LogP contribution < -0.4 is 5.32 Å². The van der Waals surface area contributed by atoms with Gasteiger partial charge in [-0.25, -0.2) is 0 Å². The number of hydrogen-bond donors (Lipinski definition) is 1. The van der Waals surface area contributed by atoms with E-state index in [1.807, 2.05) is 0 Å². The highest BCUT2D eigenvalue weighted by Crippen LogP contribution is 2.37. The van der Waals surface area contributed by atoms with Crippen LogP contribution in [-0.2, 0) is 14.2 Å². The van der Waals surface area contributed by atoms with E-state index >= 15 is 0 Å². The van der Waals surface area contributed by atoms with Crippen molar-refractivity contribution in [3.63, 3.8) is 0 Å². The minimum absolute atomic E-state index is 0.172. The molecule has 0 aromatic carbocycles. The van der Waals surface area contributed by atoms with Crippen molar-refractivity contribution in [3.8, 4) is 0 Å². The lowest BCUT2D eigenvalue weighted by molar-refractivity contribution is -0.103. The van der Waals surface area contributed by atoms with E-state index in [0.717, 1.165) is 39.4 Å². The minimum atomic E-state index is 0.172. The summed E-state index contributed by atoms with van der Waals surface area (Å²) in [4.78, 5) is 0. The average molecular weight is 287 g/mol. The van der Waals surface area contributed by atoms with Gasteiger partial charge >= 0.3 is 0 Å². The van der Waals surface area contributed by atoms with Crippen molar-refractivity contribution < 1.29 is 14.2 Å². The largest absolute Gasteiger partial charge is 0.376 e. The summed E-state index contributed by atoms with van der Waals surface area (Å²) in [6, 6.07) is 0.586. The summed E-state index contributed by atoms with van der Waals surface area (Å²) in [6.45, 7) is 4.04. The fraction of sp³-hybridized carbons (Fsp3) is 1.00. The molecule has 3 rings (SSSR count). The fourth-order valence-electron chi connectivity index (χ4n) is 3.25. The van der Waals surface area contributed by atoms with Gasteiger partial charge in [0, 0.05) is 19.2 Å². The van der Waals surface area contributed by atoms with Crippen LogP contribution in [0.3, 0.4) is 0 Å². The Balaban J connectivity index is 1.45. The summed E-state index contributed by atoms with van der Waals surface area (Å²) in [5, 5.41) is 3.67. The van der Waals surface area contributed by atoms with E-state index in [1.54, 1.807) is 0 Å². The molecular weight excluding hydrogens is 262 g/mol. The molecule has 19 heavy (non-hydrogen) atoms. The zero-order valence-corrected chi connectivity index (χ0v) is 12.4. The second-order valence-electron chi connectivity index (χ2n) is 5.81. The Bertz CT molecular complexity index is 272. The molecule has 3 fully saturated rings. The highest BCUT2D eigenvalue weighted by molar-refractivity contribution is 7.99. The van der Waals surface area contributed by atoms with Crippen LogP contribution in [0.2, 0.25) is 0 Å². The van der Waals surface area contributed by atoms with Gasteiger partial charge in [-0.05, 0) is 37.2 Å². The first kappa shape index (κ1) is 14.1. The highest BCUT2D eigenvalue weighted by atomic mass is 32.2. The molecule has 2 atom stereocenters. The normalized spacial score (nSPS) is 35.4. The lowest BCUT2D eigenvalue weighted by atomic mass is 9.85. The van der Waals surface area contributed by atoms with Gasteiger partial charge in [0.1, 0.15) is 0 Å². The van der Waals surface area contributed by atoms with Gasteiger partial charge in [0.05, 0.1) is 31.5 Å². The smallest absolute Gasteiger partial charge is 0.0933 e. The molecular formula is C14H25NO3S. The summed E-state index contributed by atoms with van der Waals surface area (Å²) < 4.78 is 17.2. The van der Waals surface area contributed by atoms with Crippen LogP contribution >= 0.6 is 11.8 Å². The molecule has 3 heterocycles. The van der Waals surface area contributed by atoms with Gasteiger partial charge in [0.2, 0.25) is 0 Å². The van der Waals surface area contributed by atoms with E-state index in [9.17, 15) is 0 Å². The number of ether oxygens (including phenoxy) is 3. The summed E-state index contributed by atoms with van der Waals surface area (Å²) >= 11 is 2.06. The number of hydrogen-bond acceptors (Lipinski definition) is 5. The quantitative estimate of drug-likeness (QED) is 0.850. The first-order valence-corrected chi connectivity index (χ1v) is 8.66. The van der Waals surface area contributed by atoms with Crippen LogP contribution in [0, 0.1) is 0 Å². The molecule has 3 aliphatic rings. The van der Waals surface area contributed by atoms with Crippen molar-refractivity contribution in [2.24, 2.45) is 0 Å². The molecule has 110 valence electrons. The third-order valence-corrected chi connectivity index (χ3v) is 5.40. The Morgan fingerprint density at radius 1 is 1.16 bits per heavy atom. The topological polar surface area (TPSA) is 39.7 Å². The van der Waals surface area contributed by atoms with E-state index in [0.29, 0.717) is 6.04 Å². The van der Waals surface area contributed by atoms with Gasteiger partial charge in [-0.1, -0.05) is 0 Å². The molecule has 3 aliphatic heterocycles. The Labute approximate surface area is 119 Å². The zero-order valence-electron chi connectivity index (χ0n) is 11.6. The van der Waals surface area contributed by atoms with Gasteiger partial charge in [-0.2, -0.15) is 11.8 Å². The molecule has 1 spiro atoms. The SMILES string of the molecule is C1COC(CNC2CCOC3(CCSCC3)C2)CO1. The number of thioether (sulfide) groups is 1. The third-order valence-electron chi connectivity index (χ3n) is 4.42. The van der Waals surface area contributed by atoms with Crippen LogP contribution in [0.4, 0.5) is 0 Å². The predicted molar refractivity (Wildman–Crippen MR) is 76.8 cm³/mol. The maximum Gasteiger partial charge on any atom is 0.0933 e. The summed E-state index contributed by atoms with van der Waals surface area (Å²) in [5.74, 6) is 2.51. The van der Waals surface area contributed by atoms with Gasteiger partial charge in [-0.15, -0.1) is 0 Å². The van der Waals surface area contributed by atoms with Crippen LogP contribution in [0.1, 0.15) is 25.7 Å². The standard InChI is InChI=1S/C14H25NO3S/c1-4-18-14(2-7-19-8-3-14)9-12(1)15-10-13-11-16-5-6-17-13/h12-13,15H,1-11H2. The van der Waals surface area contributed by atoms with Gasteiger partial charge in [-0.3, -0.25) is 0 Å². The van der Waals surface area contributed by atoms with Crippen molar-refractivity contribution in [1.82, 2.24) is 5.32 Å². The van der Waals surface area contributed by atoms with Gasteiger partial charge in [0.25, 0.3) is 0 Å². The molecule has 0 aromatic heterocycles. The Morgan fingerprint density at radius 3 is 2.84 bits per heavy atom. The molecule has 2 unspecified atom stereocenters. The molecule has 0 radical (unpaired) electrons. The number of rotatable bonds is 3. The average Bonchev–Trinajstić information content (AvgIpc) is 2.47. The van der Waals surface area contributed by atoms with Crippen LogP contribution in [0.5, 0.6) is 0 Å². The van der Waals surface area contributed by atoms with Gasteiger partial charge in [0.15, 0.2) is 0 Å². The third kappa shape index (κ3) is 3.85. The maximum atomic E-state index is 6.12. The van der Waals surface area contributed by atoms with E-state index in [2.05, 4.69) is 17.1 Å². The summed E-state index contributed by atoms with van der Waals surface area (Å²) in [6.07, 6.45) is 4.97. The van der Waals surface area contributed by atoms with Crippen LogP contribution in [0.25, 0.3) is 0 Å². The van der Waals surface area contributed by atoms with Gasteiger partial charge < -0.3 is 19.5 Å². The summed E-state index contributed by atoms with van der Waals surface area (Å²) in [5.41, 5.74) is 0.172. The van der Waals surface area contributed by atoms with E-state index in [1.165, 1.54) is 30.8 Å². The van der Waals surface area contributed by atoms with Crippen LogP contribution in [0.15, 0.2) is 0 Å². The van der Waals surface area contributed by atoms with E-state index in [-0.39, 0.29) is 11.7 Å². The first-order valence-electron chi connectivity index (χ1n) is 7.51. The molecule has 0 aliphatic carbocycles. The van der Waals surface area contributed by atoms with Crippen molar-refractivity contribution in [2.75, 3.05) is 44.5 Å². The predicted octanol–water partition coefficient (Wildman–Crippen LogP) is 1.44. The van der Waals surface area contributed by atoms with Crippen molar-refractivity contribution in [1.29, 1.82) is 0 Å². The van der Waals surface area contributed by atoms with Crippen molar-refractivity contribution in [3.05, 3.63) is 0 Å². The minimum Gasteiger partial charge on any atom is -0.376 e. The molecule has 3 saturated heterocycles. The van der Waals surface area contributed by atoms with E-state index in [4.69, 9.17) is 14.2 Å². The maximum absolute atomic E-state index is 6.12. The lowest BCUT2D eigenvalue weighted by Gasteiger charge is -2.43. The summed E-state index contributed by atoms with van der Waals surface area (Å²) in [7, 11) is 0. The van der Waals surface area contributed by atoms with E-state index < -0.39 is 0 Å². The number of nitrogens with one attached hydrogen (secondary N) is 1. The van der Waals surface area contributed by atoms with Crippen LogP contribution in [-0.4, -0.2) is 62.2 Å². The highest BCUT2D eigenvalue weighted by Gasteiger charge is 2.38. The Morgan fingerprint density at radius 2 is 2.05 bits per heavy atom. The van der Waals surface area contributed by atoms with Crippen molar-refractivity contribution >= 4 is 11.8 Å². The first-order chi connectivity index (χ1) is 9.36. The molecule has 4 nitrogen and oxygen atoms in total. The Hall–Kier alpha value is 0.190. The monoisotopic (exact) mass is 287 g/mol. The van der Waals surface area contributed by atoms with Crippen molar-refractivity contribution in [2.45, 2.75) is 43.4 Å².